The summed E-state index contributed by atoms with van der Waals surface area (Å²) in [5.41, 5.74) is 5.56. The zero-order chi connectivity index (χ0) is 34.3. The molecule has 256 valence electrons. The Balaban J connectivity index is 1.42. The molecule has 0 radical (unpaired) electrons. The fourth-order valence-electron chi connectivity index (χ4n) is 5.73. The predicted octanol–water partition coefficient (Wildman–Crippen LogP) is 14.4. The minimum absolute atomic E-state index is 0.526. The number of hydrogen-bond acceptors (Lipinski definition) is 7. The molecule has 2 unspecified atom stereocenters. The molecule has 0 aliphatic heterocycles. The molecule has 4 nitrogen and oxygen atoms in total. The van der Waals surface area contributed by atoms with E-state index in [-0.39, 0.29) is 0 Å². The van der Waals surface area contributed by atoms with Gasteiger partial charge in [0.25, 0.3) is 0 Å². The molecule has 2 aromatic carbocycles. The number of rotatable bonds is 16. The zero-order valence-electron chi connectivity index (χ0n) is 28.4. The van der Waals surface area contributed by atoms with Crippen molar-refractivity contribution in [1.29, 1.82) is 0 Å². The van der Waals surface area contributed by atoms with Gasteiger partial charge in [-0.05, 0) is 129 Å². The Morgan fingerprint density at radius 3 is 1.33 bits per heavy atom. The van der Waals surface area contributed by atoms with Gasteiger partial charge in [-0.25, -0.2) is 9.97 Å². The number of fused-ring (bicyclic) bond motifs is 1. The van der Waals surface area contributed by atoms with Crippen molar-refractivity contribution < 1.29 is 9.47 Å². The Morgan fingerprint density at radius 2 is 0.980 bits per heavy atom. The molecule has 0 N–H and O–H groups in total. The van der Waals surface area contributed by atoms with Crippen LogP contribution >= 0.6 is 65.9 Å². The van der Waals surface area contributed by atoms with Gasteiger partial charge >= 0.3 is 0 Å². The standard InChI is InChI=1S/C40H42Br2N2O2S3/c1-5-7-9-25(3)23-45-29-15-11-27(12-16-29)35-36(28-13-17-30(18-14-28)46-24-26(4)10-8-6-2)44-38-37(43-35)39(31-19-21-33(41)47-31)49-40(38)32-20-22-34(42)48-32/h11-22,25-26H,5-10,23-24H2,1-4H3. The van der Waals surface area contributed by atoms with Gasteiger partial charge in [-0.15, -0.1) is 34.0 Å². The molecule has 4 heterocycles. The third-order valence-corrected chi connectivity index (χ3v) is 13.3. The monoisotopic (exact) mass is 836 g/mol. The summed E-state index contributed by atoms with van der Waals surface area (Å²) in [5.74, 6) is 2.81. The number of unbranched alkanes of at least 4 members (excludes halogenated alkanes) is 2. The molecule has 0 fully saturated rings. The summed E-state index contributed by atoms with van der Waals surface area (Å²) in [6.45, 7) is 10.4. The topological polar surface area (TPSA) is 44.2 Å². The van der Waals surface area contributed by atoms with Crippen molar-refractivity contribution in [3.8, 4) is 53.5 Å². The van der Waals surface area contributed by atoms with Crippen molar-refractivity contribution >= 4 is 76.9 Å². The van der Waals surface area contributed by atoms with E-state index in [2.05, 4.69) is 132 Å². The van der Waals surface area contributed by atoms with Crippen molar-refractivity contribution in [2.24, 2.45) is 11.8 Å². The van der Waals surface area contributed by atoms with Crippen LogP contribution in [0, 0.1) is 11.8 Å². The van der Waals surface area contributed by atoms with Gasteiger partial charge < -0.3 is 9.47 Å². The van der Waals surface area contributed by atoms with Crippen molar-refractivity contribution in [3.63, 3.8) is 0 Å². The molecule has 4 aromatic heterocycles. The van der Waals surface area contributed by atoms with E-state index in [4.69, 9.17) is 19.4 Å². The first-order valence-electron chi connectivity index (χ1n) is 17.1. The second-order valence-electron chi connectivity index (χ2n) is 12.8. The van der Waals surface area contributed by atoms with Crippen molar-refractivity contribution in [2.75, 3.05) is 13.2 Å². The quantitative estimate of drug-likeness (QED) is 0.0974. The maximum Gasteiger partial charge on any atom is 0.119 e. The molecule has 0 aliphatic carbocycles. The van der Waals surface area contributed by atoms with Crippen LogP contribution in [0.3, 0.4) is 0 Å². The highest BCUT2D eigenvalue weighted by Crippen LogP contribution is 2.48. The van der Waals surface area contributed by atoms with Gasteiger partial charge in [0, 0.05) is 20.9 Å². The molecule has 0 aliphatic rings. The molecule has 49 heavy (non-hydrogen) atoms. The lowest BCUT2D eigenvalue weighted by Crippen LogP contribution is -2.08. The van der Waals surface area contributed by atoms with Crippen LogP contribution in [0.15, 0.2) is 80.4 Å². The van der Waals surface area contributed by atoms with Crippen molar-refractivity contribution in [3.05, 3.63) is 80.4 Å². The first kappa shape index (κ1) is 36.2. The second kappa shape index (κ2) is 17.1. The number of aromatic nitrogens is 2. The van der Waals surface area contributed by atoms with Crippen LogP contribution in [0.1, 0.15) is 66.2 Å². The lowest BCUT2D eigenvalue weighted by atomic mass is 10.0. The summed E-state index contributed by atoms with van der Waals surface area (Å²) in [7, 11) is 0. The number of hydrogen-bond donors (Lipinski definition) is 0. The van der Waals surface area contributed by atoms with Crippen LogP contribution < -0.4 is 9.47 Å². The van der Waals surface area contributed by atoms with Gasteiger partial charge in [0.2, 0.25) is 0 Å². The zero-order valence-corrected chi connectivity index (χ0v) is 34.1. The average Bonchev–Trinajstić information content (AvgIpc) is 3.85. The average molecular weight is 839 g/mol. The fourth-order valence-corrected chi connectivity index (χ4v) is 9.90. The molecular weight excluding hydrogens is 796 g/mol. The van der Waals surface area contributed by atoms with E-state index < -0.39 is 0 Å². The van der Waals surface area contributed by atoms with Crippen molar-refractivity contribution in [2.45, 2.75) is 66.2 Å². The van der Waals surface area contributed by atoms with Crippen LogP contribution in [-0.4, -0.2) is 23.2 Å². The van der Waals surface area contributed by atoms with Gasteiger partial charge in [-0.2, -0.15) is 0 Å². The van der Waals surface area contributed by atoms with Gasteiger partial charge in [0.05, 0.1) is 41.9 Å². The molecule has 6 rings (SSSR count). The van der Waals surface area contributed by atoms with Gasteiger partial charge in [0.15, 0.2) is 0 Å². The van der Waals surface area contributed by atoms with E-state index in [1.807, 2.05) is 0 Å². The summed E-state index contributed by atoms with van der Waals surface area (Å²) in [6, 6.07) is 25.3. The summed E-state index contributed by atoms with van der Waals surface area (Å²) >= 11 is 12.6. The van der Waals surface area contributed by atoms with Gasteiger partial charge in [0.1, 0.15) is 22.5 Å². The minimum Gasteiger partial charge on any atom is -0.493 e. The molecule has 0 saturated carbocycles. The third kappa shape index (κ3) is 9.03. The summed E-state index contributed by atoms with van der Waals surface area (Å²) in [5, 5.41) is 0. The lowest BCUT2D eigenvalue weighted by Gasteiger charge is -2.15. The highest BCUT2D eigenvalue weighted by atomic mass is 79.9. The van der Waals surface area contributed by atoms with Crippen LogP contribution in [0.5, 0.6) is 11.5 Å². The first-order chi connectivity index (χ1) is 23.8. The van der Waals surface area contributed by atoms with Crippen LogP contribution in [-0.2, 0) is 0 Å². The SMILES string of the molecule is CCCCC(C)COc1ccc(-c2nc3c(-c4ccc(Br)s4)sc(-c4ccc(Br)s4)c3nc2-c2ccc(OCC(C)CCCC)cc2)cc1. The molecule has 0 bridgehead atoms. The summed E-state index contributed by atoms with van der Waals surface area (Å²) in [6.07, 6.45) is 7.26. The summed E-state index contributed by atoms with van der Waals surface area (Å²) in [4.78, 5) is 15.5. The molecule has 0 spiro atoms. The molecule has 0 saturated heterocycles. The second-order valence-corrected chi connectivity index (χ2v) is 18.7. The molecule has 0 amide bonds. The molecule has 6 aromatic rings. The predicted molar refractivity (Wildman–Crippen MR) is 219 cm³/mol. The Hall–Kier alpha value is -2.56. The smallest absolute Gasteiger partial charge is 0.119 e. The highest BCUT2D eigenvalue weighted by Gasteiger charge is 2.23. The van der Waals surface area contributed by atoms with Gasteiger partial charge in [-0.3, -0.25) is 0 Å². The van der Waals surface area contributed by atoms with Crippen LogP contribution in [0.4, 0.5) is 0 Å². The minimum atomic E-state index is 0.526. The van der Waals surface area contributed by atoms with E-state index in [1.54, 1.807) is 34.0 Å². The summed E-state index contributed by atoms with van der Waals surface area (Å²) < 4.78 is 14.6. The third-order valence-electron chi connectivity index (χ3n) is 8.55. The molecule has 9 heteroatoms. The number of benzene rings is 2. The lowest BCUT2D eigenvalue weighted by molar-refractivity contribution is 0.249. The van der Waals surface area contributed by atoms with Crippen molar-refractivity contribution in [1.82, 2.24) is 9.97 Å². The Bertz CT molecular complexity index is 1820. The molecule has 2 atom stereocenters. The number of nitrogens with zero attached hydrogens (tertiary/aromatic N) is 2. The maximum absolute atomic E-state index is 6.19. The van der Waals surface area contributed by atoms with E-state index >= 15 is 0 Å². The number of thiophene rings is 3. The Labute approximate surface area is 319 Å². The largest absolute Gasteiger partial charge is 0.493 e. The normalized spacial score (nSPS) is 12.8. The molecular formula is C40H42Br2N2O2S3. The van der Waals surface area contributed by atoms with Crippen LogP contribution in [0.2, 0.25) is 0 Å². The fraction of sp³-hybridized carbons (Fsp3) is 0.350. The number of halogens is 2. The maximum atomic E-state index is 6.19. The van der Waals surface area contributed by atoms with E-state index in [1.165, 1.54) is 48.3 Å². The number of ether oxygens (including phenoxy) is 2. The van der Waals surface area contributed by atoms with Gasteiger partial charge in [-0.1, -0.05) is 53.4 Å². The van der Waals surface area contributed by atoms with E-state index in [0.717, 1.165) is 75.6 Å². The first-order valence-corrected chi connectivity index (χ1v) is 21.2. The Morgan fingerprint density at radius 1 is 0.571 bits per heavy atom. The van der Waals surface area contributed by atoms with E-state index in [9.17, 15) is 0 Å². The Kier molecular flexibility index (Phi) is 12.6. The van der Waals surface area contributed by atoms with E-state index in [0.29, 0.717) is 11.8 Å². The highest BCUT2D eigenvalue weighted by molar-refractivity contribution is 9.11. The van der Waals surface area contributed by atoms with Crippen LogP contribution in [0.25, 0.3) is 53.1 Å².